The van der Waals surface area contributed by atoms with Crippen molar-refractivity contribution in [2.45, 2.75) is 20.0 Å². The van der Waals surface area contributed by atoms with Crippen LogP contribution >= 0.6 is 0 Å². The van der Waals surface area contributed by atoms with Gasteiger partial charge in [0.15, 0.2) is 6.10 Å². The summed E-state index contributed by atoms with van der Waals surface area (Å²) in [6, 6.07) is 7.32. The Morgan fingerprint density at radius 1 is 1.25 bits per heavy atom. The molecule has 2 aromatic rings. The van der Waals surface area contributed by atoms with Crippen molar-refractivity contribution in [3.8, 4) is 11.5 Å². The third kappa shape index (κ3) is 2.82. The molecule has 1 heterocycles. The van der Waals surface area contributed by atoms with Gasteiger partial charge in [0.2, 0.25) is 0 Å². The minimum atomic E-state index is -0.684. The van der Waals surface area contributed by atoms with Crippen molar-refractivity contribution >= 4 is 16.9 Å². The van der Waals surface area contributed by atoms with E-state index in [0.29, 0.717) is 11.5 Å². The van der Waals surface area contributed by atoms with E-state index in [1.54, 1.807) is 20.1 Å². The van der Waals surface area contributed by atoms with Crippen LogP contribution in [0.25, 0.3) is 10.9 Å². The summed E-state index contributed by atoms with van der Waals surface area (Å²) < 4.78 is 15.6. The van der Waals surface area contributed by atoms with Gasteiger partial charge in [-0.1, -0.05) is 0 Å². The Morgan fingerprint density at radius 2 is 2.00 bits per heavy atom. The molecule has 0 radical (unpaired) electrons. The lowest BCUT2D eigenvalue weighted by atomic mass is 10.1. The molecule has 20 heavy (non-hydrogen) atoms. The van der Waals surface area contributed by atoms with Crippen molar-refractivity contribution in [2.75, 3.05) is 14.2 Å². The Labute approximate surface area is 117 Å². The fourth-order valence-electron chi connectivity index (χ4n) is 1.93. The van der Waals surface area contributed by atoms with E-state index in [9.17, 15) is 4.79 Å². The highest BCUT2D eigenvalue weighted by Crippen LogP contribution is 2.29. The Hall–Kier alpha value is -2.30. The molecule has 0 saturated heterocycles. The molecule has 1 aromatic carbocycles. The van der Waals surface area contributed by atoms with Crippen molar-refractivity contribution in [3.05, 3.63) is 30.0 Å². The van der Waals surface area contributed by atoms with E-state index in [-0.39, 0.29) is 0 Å². The highest BCUT2D eigenvalue weighted by atomic mass is 16.6. The Bertz CT molecular complexity index is 639. The van der Waals surface area contributed by atoms with Crippen LogP contribution in [0.3, 0.4) is 0 Å². The number of ether oxygens (including phenoxy) is 3. The average molecular weight is 275 g/mol. The van der Waals surface area contributed by atoms with Crippen molar-refractivity contribution in [1.29, 1.82) is 0 Å². The maximum Gasteiger partial charge on any atom is 0.346 e. The largest absolute Gasteiger partial charge is 0.497 e. The van der Waals surface area contributed by atoms with Crippen LogP contribution in [0.4, 0.5) is 0 Å². The molecule has 0 fully saturated rings. The van der Waals surface area contributed by atoms with Crippen LogP contribution in [0, 0.1) is 6.92 Å². The minimum Gasteiger partial charge on any atom is -0.497 e. The summed E-state index contributed by atoms with van der Waals surface area (Å²) in [4.78, 5) is 15.9. The Balaban J connectivity index is 2.47. The average Bonchev–Trinajstić information content (AvgIpc) is 2.45. The number of aromatic nitrogens is 1. The fourth-order valence-corrected chi connectivity index (χ4v) is 1.93. The van der Waals surface area contributed by atoms with Gasteiger partial charge >= 0.3 is 5.97 Å². The molecular formula is C15H17NO4. The number of hydrogen-bond acceptors (Lipinski definition) is 5. The molecule has 0 spiro atoms. The van der Waals surface area contributed by atoms with Gasteiger partial charge in [0.1, 0.15) is 11.5 Å². The van der Waals surface area contributed by atoms with Crippen molar-refractivity contribution in [3.63, 3.8) is 0 Å². The van der Waals surface area contributed by atoms with Crippen molar-refractivity contribution < 1.29 is 19.0 Å². The molecule has 5 nitrogen and oxygen atoms in total. The molecule has 0 aliphatic rings. The number of esters is 1. The lowest BCUT2D eigenvalue weighted by Crippen LogP contribution is -2.25. The maximum absolute atomic E-state index is 11.5. The third-order valence-electron chi connectivity index (χ3n) is 2.94. The molecule has 0 amide bonds. The summed E-state index contributed by atoms with van der Waals surface area (Å²) >= 11 is 0. The van der Waals surface area contributed by atoms with Gasteiger partial charge in [-0.15, -0.1) is 0 Å². The van der Waals surface area contributed by atoms with E-state index in [1.807, 2.05) is 25.1 Å². The molecule has 0 bridgehead atoms. The zero-order chi connectivity index (χ0) is 14.7. The molecule has 1 unspecified atom stereocenters. The predicted molar refractivity (Wildman–Crippen MR) is 75.1 cm³/mol. The summed E-state index contributed by atoms with van der Waals surface area (Å²) in [5.41, 5.74) is 1.60. The number of fused-ring (bicyclic) bond motifs is 1. The number of aryl methyl sites for hydroxylation is 1. The number of carbonyl (C=O) groups excluding carboxylic acids is 1. The zero-order valence-corrected chi connectivity index (χ0v) is 12.0. The number of hydrogen-bond donors (Lipinski definition) is 0. The second kappa shape index (κ2) is 5.77. The monoisotopic (exact) mass is 275 g/mol. The predicted octanol–water partition coefficient (Wildman–Crippen LogP) is 2.49. The second-order valence-electron chi connectivity index (χ2n) is 4.43. The fraction of sp³-hybridized carbons (Fsp3) is 0.333. The zero-order valence-electron chi connectivity index (χ0n) is 12.0. The molecule has 0 saturated carbocycles. The third-order valence-corrected chi connectivity index (χ3v) is 2.94. The van der Waals surface area contributed by atoms with Crippen LogP contribution in [-0.4, -0.2) is 31.3 Å². The number of pyridine rings is 1. The smallest absolute Gasteiger partial charge is 0.346 e. The Kier molecular flexibility index (Phi) is 4.08. The summed E-state index contributed by atoms with van der Waals surface area (Å²) in [5, 5.41) is 0.797. The number of methoxy groups -OCH3 is 2. The van der Waals surface area contributed by atoms with Gasteiger partial charge in [0.25, 0.3) is 0 Å². The molecule has 0 N–H and O–H groups in total. The van der Waals surface area contributed by atoms with Crippen LogP contribution in [0.1, 0.15) is 12.6 Å². The minimum absolute atomic E-state index is 0.421. The van der Waals surface area contributed by atoms with E-state index in [0.717, 1.165) is 16.6 Å². The molecule has 106 valence electrons. The molecule has 5 heteroatoms. The molecule has 0 aliphatic heterocycles. The van der Waals surface area contributed by atoms with Gasteiger partial charge in [-0.25, -0.2) is 4.79 Å². The van der Waals surface area contributed by atoms with Gasteiger partial charge in [-0.3, -0.25) is 4.98 Å². The van der Waals surface area contributed by atoms with Crippen LogP contribution in [-0.2, 0) is 9.53 Å². The van der Waals surface area contributed by atoms with Crippen molar-refractivity contribution in [2.24, 2.45) is 0 Å². The van der Waals surface area contributed by atoms with Crippen molar-refractivity contribution in [1.82, 2.24) is 4.98 Å². The number of benzene rings is 1. The first-order valence-electron chi connectivity index (χ1n) is 6.25. The summed E-state index contributed by atoms with van der Waals surface area (Å²) in [6.45, 7) is 3.52. The second-order valence-corrected chi connectivity index (χ2v) is 4.43. The quantitative estimate of drug-likeness (QED) is 0.802. The first-order valence-corrected chi connectivity index (χ1v) is 6.25. The van der Waals surface area contributed by atoms with E-state index >= 15 is 0 Å². The van der Waals surface area contributed by atoms with E-state index < -0.39 is 12.1 Å². The molecular weight excluding hydrogens is 258 g/mol. The number of rotatable bonds is 4. The van der Waals surface area contributed by atoms with E-state index in [1.165, 1.54) is 7.11 Å². The van der Waals surface area contributed by atoms with Gasteiger partial charge < -0.3 is 14.2 Å². The summed E-state index contributed by atoms with van der Waals surface area (Å²) in [5.74, 6) is 0.874. The van der Waals surface area contributed by atoms with Crippen LogP contribution < -0.4 is 9.47 Å². The van der Waals surface area contributed by atoms with Gasteiger partial charge in [-0.05, 0) is 32.0 Å². The van der Waals surface area contributed by atoms with Gasteiger partial charge in [0.05, 0.1) is 19.7 Å². The SMILES string of the molecule is COC(=O)C(C)Oc1cc(C)nc2ccc(OC)cc12. The Morgan fingerprint density at radius 3 is 2.65 bits per heavy atom. The highest BCUT2D eigenvalue weighted by Gasteiger charge is 2.17. The molecule has 2 rings (SSSR count). The van der Waals surface area contributed by atoms with Gasteiger partial charge in [-0.2, -0.15) is 0 Å². The highest BCUT2D eigenvalue weighted by molar-refractivity contribution is 5.87. The lowest BCUT2D eigenvalue weighted by Gasteiger charge is -2.15. The number of carbonyl (C=O) groups is 1. The molecule has 1 atom stereocenters. The van der Waals surface area contributed by atoms with Crippen LogP contribution in [0.2, 0.25) is 0 Å². The molecule has 0 aliphatic carbocycles. The lowest BCUT2D eigenvalue weighted by molar-refractivity contribution is -0.147. The topological polar surface area (TPSA) is 57.7 Å². The van der Waals surface area contributed by atoms with Gasteiger partial charge in [0, 0.05) is 17.1 Å². The maximum atomic E-state index is 11.5. The summed E-state index contributed by atoms with van der Waals surface area (Å²) in [7, 11) is 2.93. The first-order chi connectivity index (χ1) is 9.55. The summed E-state index contributed by atoms with van der Waals surface area (Å²) in [6.07, 6.45) is -0.684. The van der Waals surface area contributed by atoms with E-state index in [4.69, 9.17) is 9.47 Å². The van der Waals surface area contributed by atoms with Crippen LogP contribution in [0.15, 0.2) is 24.3 Å². The van der Waals surface area contributed by atoms with E-state index in [2.05, 4.69) is 9.72 Å². The molecule has 1 aromatic heterocycles. The number of nitrogens with zero attached hydrogens (tertiary/aromatic N) is 1. The van der Waals surface area contributed by atoms with Crippen LogP contribution in [0.5, 0.6) is 11.5 Å². The standard InChI is InChI=1S/C15H17NO4/c1-9-7-14(20-10(2)15(17)19-4)12-8-11(18-3)5-6-13(12)16-9/h5-8,10H,1-4H3. The normalized spacial score (nSPS) is 12.0. The first kappa shape index (κ1) is 14.1.